The number of hydrogen-bond acceptors (Lipinski definition) is 3. The Balaban J connectivity index is 1.87. The van der Waals surface area contributed by atoms with Crippen LogP contribution in [-0.4, -0.2) is 54.1 Å². The van der Waals surface area contributed by atoms with Crippen LogP contribution in [0.4, 0.5) is 4.39 Å². The molecule has 2 rings (SSSR count). The Morgan fingerprint density at radius 3 is 2.73 bits per heavy atom. The van der Waals surface area contributed by atoms with Gasteiger partial charge in [0.25, 0.3) is 0 Å². The van der Waals surface area contributed by atoms with Crippen LogP contribution in [-0.2, 0) is 11.3 Å². The molecule has 22 heavy (non-hydrogen) atoms. The van der Waals surface area contributed by atoms with Crippen molar-refractivity contribution in [2.45, 2.75) is 26.3 Å². The molecular weight excluding hydrogens is 283 g/mol. The number of amides is 1. The van der Waals surface area contributed by atoms with Gasteiger partial charge in [-0.05, 0) is 37.1 Å². The van der Waals surface area contributed by atoms with Crippen LogP contribution >= 0.6 is 0 Å². The molecule has 1 saturated heterocycles. The highest BCUT2D eigenvalue weighted by atomic mass is 19.1. The lowest BCUT2D eigenvalue weighted by Crippen LogP contribution is -2.47. The third-order valence-electron chi connectivity index (χ3n) is 4.36. The first kappa shape index (κ1) is 16.9. The summed E-state index contributed by atoms with van der Waals surface area (Å²) in [6, 6.07) is 6.21. The molecule has 1 heterocycles. The largest absolute Gasteiger partial charge is 0.396 e. The fourth-order valence-electron chi connectivity index (χ4n) is 2.96. The molecule has 0 saturated carbocycles. The minimum Gasteiger partial charge on any atom is -0.396 e. The van der Waals surface area contributed by atoms with E-state index in [0.29, 0.717) is 13.1 Å². The van der Waals surface area contributed by atoms with Crippen molar-refractivity contribution in [2.24, 2.45) is 5.41 Å². The second-order valence-electron chi connectivity index (χ2n) is 6.66. The summed E-state index contributed by atoms with van der Waals surface area (Å²) in [5.74, 6) is -0.221. The summed E-state index contributed by atoms with van der Waals surface area (Å²) < 4.78 is 12.9. The van der Waals surface area contributed by atoms with Crippen molar-refractivity contribution < 1.29 is 14.3 Å². The van der Waals surface area contributed by atoms with Crippen LogP contribution in [0.25, 0.3) is 0 Å². The predicted octanol–water partition coefficient (Wildman–Crippen LogP) is 1.88. The van der Waals surface area contributed by atoms with Gasteiger partial charge in [0, 0.05) is 32.2 Å². The second-order valence-corrected chi connectivity index (χ2v) is 6.66. The van der Waals surface area contributed by atoms with Crippen LogP contribution in [0.15, 0.2) is 24.3 Å². The second kappa shape index (κ2) is 7.20. The molecule has 4 nitrogen and oxygen atoms in total. The van der Waals surface area contributed by atoms with E-state index in [1.54, 1.807) is 24.1 Å². The average Bonchev–Trinajstić information content (AvgIpc) is 2.49. The topological polar surface area (TPSA) is 43.8 Å². The van der Waals surface area contributed by atoms with Gasteiger partial charge in [-0.25, -0.2) is 4.39 Å². The third-order valence-corrected chi connectivity index (χ3v) is 4.36. The molecule has 0 bridgehead atoms. The van der Waals surface area contributed by atoms with E-state index in [1.807, 2.05) is 0 Å². The summed E-state index contributed by atoms with van der Waals surface area (Å²) in [6.45, 7) is 4.71. The highest BCUT2D eigenvalue weighted by Crippen LogP contribution is 2.28. The Morgan fingerprint density at radius 1 is 1.41 bits per heavy atom. The van der Waals surface area contributed by atoms with Crippen molar-refractivity contribution in [3.8, 4) is 0 Å². The van der Waals surface area contributed by atoms with Crippen LogP contribution in [0.1, 0.15) is 25.3 Å². The van der Waals surface area contributed by atoms with Gasteiger partial charge < -0.3 is 10.0 Å². The van der Waals surface area contributed by atoms with E-state index in [-0.39, 0.29) is 23.7 Å². The Labute approximate surface area is 131 Å². The van der Waals surface area contributed by atoms with E-state index in [9.17, 15) is 14.3 Å². The molecule has 1 fully saturated rings. The predicted molar refractivity (Wildman–Crippen MR) is 83.7 cm³/mol. The molecular formula is C17H25FN2O2. The molecule has 1 atom stereocenters. The number of nitrogens with zero attached hydrogens (tertiary/aromatic N) is 2. The zero-order valence-electron chi connectivity index (χ0n) is 13.4. The van der Waals surface area contributed by atoms with Crippen molar-refractivity contribution in [1.29, 1.82) is 0 Å². The number of carbonyl (C=O) groups excluding carboxylic acids is 1. The number of rotatable bonds is 5. The van der Waals surface area contributed by atoms with Crippen LogP contribution < -0.4 is 0 Å². The average molecular weight is 308 g/mol. The first-order valence-corrected chi connectivity index (χ1v) is 7.73. The molecule has 0 spiro atoms. The minimum atomic E-state index is -0.269. The molecule has 0 aromatic heterocycles. The van der Waals surface area contributed by atoms with Gasteiger partial charge in [0.2, 0.25) is 5.91 Å². The smallest absolute Gasteiger partial charge is 0.236 e. The van der Waals surface area contributed by atoms with Crippen molar-refractivity contribution in [3.05, 3.63) is 35.6 Å². The summed E-state index contributed by atoms with van der Waals surface area (Å²) in [4.78, 5) is 16.1. The first-order chi connectivity index (χ1) is 10.4. The Hall–Kier alpha value is -1.46. The van der Waals surface area contributed by atoms with Gasteiger partial charge in [0.1, 0.15) is 5.82 Å². The first-order valence-electron chi connectivity index (χ1n) is 7.73. The molecule has 0 radical (unpaired) electrons. The van der Waals surface area contributed by atoms with E-state index < -0.39 is 0 Å². The number of likely N-dealkylation sites (N-methyl/N-ethyl adjacent to an activating group) is 1. The zero-order valence-corrected chi connectivity index (χ0v) is 13.4. The highest BCUT2D eigenvalue weighted by Gasteiger charge is 2.31. The fourth-order valence-corrected chi connectivity index (χ4v) is 2.96. The van der Waals surface area contributed by atoms with E-state index in [4.69, 9.17) is 0 Å². The van der Waals surface area contributed by atoms with Crippen molar-refractivity contribution in [1.82, 2.24) is 9.80 Å². The monoisotopic (exact) mass is 308 g/mol. The number of carbonyl (C=O) groups is 1. The molecule has 0 aliphatic carbocycles. The van der Waals surface area contributed by atoms with Gasteiger partial charge >= 0.3 is 0 Å². The number of halogens is 1. The lowest BCUT2D eigenvalue weighted by atomic mass is 9.83. The summed E-state index contributed by atoms with van der Waals surface area (Å²) in [5, 5.41) is 9.48. The van der Waals surface area contributed by atoms with Crippen LogP contribution in [0.3, 0.4) is 0 Å². The third kappa shape index (κ3) is 4.52. The molecule has 122 valence electrons. The van der Waals surface area contributed by atoms with E-state index in [2.05, 4.69) is 11.8 Å². The Morgan fingerprint density at radius 2 is 2.09 bits per heavy atom. The number of aliphatic hydroxyl groups excluding tert-OH is 1. The van der Waals surface area contributed by atoms with Crippen LogP contribution in [0, 0.1) is 11.2 Å². The maximum atomic E-state index is 12.9. The molecule has 1 amide bonds. The van der Waals surface area contributed by atoms with Crippen LogP contribution in [0.5, 0.6) is 0 Å². The summed E-state index contributed by atoms with van der Waals surface area (Å²) >= 11 is 0. The summed E-state index contributed by atoms with van der Waals surface area (Å²) in [5.41, 5.74) is 0.810. The maximum Gasteiger partial charge on any atom is 0.236 e. The van der Waals surface area contributed by atoms with Gasteiger partial charge in [-0.1, -0.05) is 19.1 Å². The molecule has 5 heteroatoms. The number of benzene rings is 1. The lowest BCUT2D eigenvalue weighted by Gasteiger charge is -2.39. The van der Waals surface area contributed by atoms with Gasteiger partial charge in [0.05, 0.1) is 6.54 Å². The van der Waals surface area contributed by atoms with Crippen molar-refractivity contribution in [3.63, 3.8) is 0 Å². The molecule has 1 aromatic rings. The van der Waals surface area contributed by atoms with Gasteiger partial charge in [-0.3, -0.25) is 9.69 Å². The summed E-state index contributed by atoms with van der Waals surface area (Å²) in [7, 11) is 1.76. The molecule has 1 aromatic carbocycles. The highest BCUT2D eigenvalue weighted by molar-refractivity contribution is 5.78. The van der Waals surface area contributed by atoms with E-state index >= 15 is 0 Å². The van der Waals surface area contributed by atoms with Gasteiger partial charge in [-0.15, -0.1) is 0 Å². The van der Waals surface area contributed by atoms with Gasteiger partial charge in [-0.2, -0.15) is 0 Å². The number of hydrogen-bond donors (Lipinski definition) is 1. The summed E-state index contributed by atoms with van der Waals surface area (Å²) in [6.07, 6.45) is 2.01. The van der Waals surface area contributed by atoms with E-state index in [0.717, 1.165) is 31.5 Å². The standard InChI is InChI=1S/C17H25FN2O2/c1-17(13-21)8-3-9-20(12-17)11-16(22)19(2)10-14-4-6-15(18)7-5-14/h4-7,21H,3,8-13H2,1-2H3. The zero-order chi connectivity index (χ0) is 16.2. The van der Waals surface area contributed by atoms with Crippen molar-refractivity contribution >= 4 is 5.91 Å². The minimum absolute atomic E-state index is 0.0477. The number of piperidine rings is 1. The molecule has 1 N–H and O–H groups in total. The molecule has 1 aliphatic heterocycles. The molecule has 1 unspecified atom stereocenters. The van der Waals surface area contributed by atoms with Gasteiger partial charge in [0.15, 0.2) is 0 Å². The normalized spacial score (nSPS) is 22.5. The van der Waals surface area contributed by atoms with Crippen molar-refractivity contribution in [2.75, 3.05) is 33.3 Å². The quantitative estimate of drug-likeness (QED) is 0.903. The Bertz CT molecular complexity index is 506. The maximum absolute atomic E-state index is 12.9. The van der Waals surface area contributed by atoms with E-state index in [1.165, 1.54) is 12.1 Å². The lowest BCUT2D eigenvalue weighted by molar-refractivity contribution is -0.132. The molecule has 1 aliphatic rings. The SMILES string of the molecule is CN(Cc1ccc(F)cc1)C(=O)CN1CCCC(C)(CO)C1. The fraction of sp³-hybridized carbons (Fsp3) is 0.588. The number of aliphatic hydroxyl groups is 1. The Kier molecular flexibility index (Phi) is 5.53. The van der Waals surface area contributed by atoms with Crippen LogP contribution in [0.2, 0.25) is 0 Å². The number of likely N-dealkylation sites (tertiary alicyclic amines) is 1.